The molecule has 0 radical (unpaired) electrons. The number of aliphatic hydroxyl groups is 3. The predicted molar refractivity (Wildman–Crippen MR) is 138 cm³/mol. The smallest absolute Gasteiger partial charge is 0.347 e. The van der Waals surface area contributed by atoms with Crippen molar-refractivity contribution in [3.8, 4) is 5.75 Å². The normalized spacial score (nSPS) is 27.4. The van der Waals surface area contributed by atoms with E-state index in [1.165, 1.54) is 0 Å². The van der Waals surface area contributed by atoms with Gasteiger partial charge < -0.3 is 29.9 Å². The van der Waals surface area contributed by atoms with Crippen molar-refractivity contribution >= 4 is 11.9 Å². The molecule has 0 amide bonds. The van der Waals surface area contributed by atoms with Crippen LogP contribution in [0, 0.1) is 24.7 Å². The number of benzene rings is 1. The molecule has 1 aromatic carbocycles. The van der Waals surface area contributed by atoms with Crippen LogP contribution in [-0.2, 0) is 14.3 Å². The number of carboxylic acid groups (broad SMARTS) is 1. The Hall–Kier alpha value is -2.68. The molecule has 8 nitrogen and oxygen atoms in total. The van der Waals surface area contributed by atoms with Gasteiger partial charge in [0.25, 0.3) is 0 Å². The summed E-state index contributed by atoms with van der Waals surface area (Å²) in [4.78, 5) is 24.0. The Morgan fingerprint density at radius 3 is 2.49 bits per heavy atom. The molecule has 0 saturated carbocycles. The zero-order valence-electron chi connectivity index (χ0n) is 21.8. The van der Waals surface area contributed by atoms with E-state index >= 15 is 0 Å². The minimum Gasteiger partial charge on any atom is -0.481 e. The van der Waals surface area contributed by atoms with Gasteiger partial charge in [-0.25, -0.2) is 4.79 Å². The Morgan fingerprint density at radius 1 is 1.14 bits per heavy atom. The Bertz CT molecular complexity index is 969. The van der Waals surface area contributed by atoms with Crippen LogP contribution in [0.4, 0.5) is 0 Å². The lowest BCUT2D eigenvalue weighted by Crippen LogP contribution is -2.44. The van der Waals surface area contributed by atoms with Gasteiger partial charge in [-0.2, -0.15) is 0 Å². The Balaban J connectivity index is 1.70. The maximum atomic E-state index is 13.2. The van der Waals surface area contributed by atoms with Gasteiger partial charge in [-0.15, -0.1) is 0 Å². The molecule has 0 bridgehead atoms. The molecule has 0 saturated heterocycles. The molecule has 2 aliphatic rings. The molecule has 1 aromatic rings. The third-order valence-electron chi connectivity index (χ3n) is 7.36. The molecule has 37 heavy (non-hydrogen) atoms. The highest BCUT2D eigenvalue weighted by Crippen LogP contribution is 2.44. The van der Waals surface area contributed by atoms with Gasteiger partial charge >= 0.3 is 11.9 Å². The van der Waals surface area contributed by atoms with E-state index in [0.717, 1.165) is 11.1 Å². The van der Waals surface area contributed by atoms with Gasteiger partial charge in [0.2, 0.25) is 0 Å². The minimum absolute atomic E-state index is 0.0116. The van der Waals surface area contributed by atoms with Crippen molar-refractivity contribution in [3.63, 3.8) is 0 Å². The van der Waals surface area contributed by atoms with E-state index < -0.39 is 48.9 Å². The molecule has 3 rings (SSSR count). The maximum Gasteiger partial charge on any atom is 0.347 e. The number of aliphatic hydroxyl groups excluding tert-OH is 3. The van der Waals surface area contributed by atoms with Crippen molar-refractivity contribution < 1.29 is 39.5 Å². The first kappa shape index (κ1) is 28.9. The van der Waals surface area contributed by atoms with Crippen LogP contribution >= 0.6 is 0 Å². The monoisotopic (exact) mass is 516 g/mol. The second kappa shape index (κ2) is 13.2. The summed E-state index contributed by atoms with van der Waals surface area (Å²) in [7, 11) is 0. The van der Waals surface area contributed by atoms with E-state index in [1.54, 1.807) is 6.08 Å². The number of carbonyl (C=O) groups excluding carboxylic acids is 1. The second-order valence-corrected chi connectivity index (χ2v) is 10.4. The lowest BCUT2D eigenvalue weighted by molar-refractivity contribution is -0.163. The molecule has 0 aromatic heterocycles. The van der Waals surface area contributed by atoms with Gasteiger partial charge in [0.15, 0.2) is 6.10 Å². The topological polar surface area (TPSA) is 134 Å². The Morgan fingerprint density at radius 2 is 1.84 bits per heavy atom. The summed E-state index contributed by atoms with van der Waals surface area (Å²) in [6, 6.07) is 7.46. The molecule has 2 aliphatic carbocycles. The fraction of sp³-hybridized carbons (Fsp3) is 0.586. The van der Waals surface area contributed by atoms with Crippen LogP contribution in [0.15, 0.2) is 48.1 Å². The number of hydrogen-bond donors (Lipinski definition) is 4. The lowest BCUT2D eigenvalue weighted by atomic mass is 9.66. The van der Waals surface area contributed by atoms with Crippen LogP contribution in [0.1, 0.15) is 57.9 Å². The van der Waals surface area contributed by atoms with Crippen molar-refractivity contribution in [2.45, 2.75) is 89.8 Å². The third-order valence-corrected chi connectivity index (χ3v) is 7.36. The second-order valence-electron chi connectivity index (χ2n) is 10.4. The molecular formula is C29H40O8. The summed E-state index contributed by atoms with van der Waals surface area (Å²) in [6.07, 6.45) is 3.08. The van der Waals surface area contributed by atoms with E-state index in [1.807, 2.05) is 44.2 Å². The number of carboxylic acids is 1. The number of carbonyl (C=O) groups is 2. The van der Waals surface area contributed by atoms with E-state index in [9.17, 15) is 24.9 Å². The molecule has 204 valence electrons. The molecule has 0 aliphatic heterocycles. The van der Waals surface area contributed by atoms with Gasteiger partial charge in [0.1, 0.15) is 11.9 Å². The number of rotatable bonds is 12. The molecule has 8 atom stereocenters. The highest BCUT2D eigenvalue weighted by Gasteiger charge is 2.42. The van der Waals surface area contributed by atoms with Crippen molar-refractivity contribution in [2.75, 3.05) is 0 Å². The summed E-state index contributed by atoms with van der Waals surface area (Å²) < 4.78 is 11.9. The first-order chi connectivity index (χ1) is 17.6. The average molecular weight is 517 g/mol. The first-order valence-electron chi connectivity index (χ1n) is 13.2. The number of hydrogen-bond acceptors (Lipinski definition) is 7. The van der Waals surface area contributed by atoms with Crippen molar-refractivity contribution in [3.05, 3.63) is 53.6 Å². The zero-order valence-corrected chi connectivity index (χ0v) is 21.8. The fourth-order valence-corrected chi connectivity index (χ4v) is 5.39. The summed E-state index contributed by atoms with van der Waals surface area (Å²) in [5, 5.41) is 39.6. The predicted octanol–water partition coefficient (Wildman–Crippen LogP) is 3.56. The molecule has 4 N–H and O–H groups in total. The van der Waals surface area contributed by atoms with Gasteiger partial charge in [0, 0.05) is 12.3 Å². The lowest BCUT2D eigenvalue weighted by Gasteiger charge is -2.43. The molecular weight excluding hydrogens is 476 g/mol. The third kappa shape index (κ3) is 8.15. The molecule has 0 spiro atoms. The molecule has 0 fully saturated rings. The number of esters is 1. The van der Waals surface area contributed by atoms with Crippen LogP contribution < -0.4 is 4.74 Å². The minimum atomic E-state index is -1.11. The van der Waals surface area contributed by atoms with Crippen molar-refractivity contribution in [1.29, 1.82) is 0 Å². The Labute approximate surface area is 218 Å². The average Bonchev–Trinajstić information content (AvgIpc) is 2.82. The number of allylic oxidation sites excluding steroid dienone is 2. The summed E-state index contributed by atoms with van der Waals surface area (Å²) >= 11 is 0. The van der Waals surface area contributed by atoms with Gasteiger partial charge in [-0.3, -0.25) is 4.79 Å². The summed E-state index contributed by atoms with van der Waals surface area (Å²) in [6.45, 7) is 5.90. The van der Waals surface area contributed by atoms with Crippen molar-refractivity contribution in [2.24, 2.45) is 17.8 Å². The van der Waals surface area contributed by atoms with Crippen molar-refractivity contribution in [1.82, 2.24) is 0 Å². The van der Waals surface area contributed by atoms with Crippen LogP contribution in [0.5, 0.6) is 5.75 Å². The molecule has 0 unspecified atom stereocenters. The molecule has 0 heterocycles. The summed E-state index contributed by atoms with van der Waals surface area (Å²) in [5.74, 6) is -0.973. The number of fused-ring (bicyclic) bond motifs is 1. The van der Waals surface area contributed by atoms with Gasteiger partial charge in [-0.05, 0) is 62.1 Å². The highest BCUT2D eigenvalue weighted by atomic mass is 16.6. The van der Waals surface area contributed by atoms with Gasteiger partial charge in [-0.1, -0.05) is 49.8 Å². The zero-order chi connectivity index (χ0) is 27.1. The summed E-state index contributed by atoms with van der Waals surface area (Å²) in [5.41, 5.74) is 2.00. The quantitative estimate of drug-likeness (QED) is 0.310. The standard InChI is InChI=1S/C29H40O8/c1-4-25(36-23-10-5-17(2)6-11-23)29(35)37-26-15-21(31)13-19-8-7-18(3)24(28(19)26)12-9-20(30)14-22(32)16-27(33)34/h5-8,10-11,13,18,20-22,24-26,28,30-32H,4,9,12,14-16H2,1-3H3,(H,33,34)/t18-,20-,21-,22-,24+,25+,26+,28+/m1/s1. The first-order valence-corrected chi connectivity index (χ1v) is 13.2. The SMILES string of the molecule is CC[C@H](Oc1ccc(C)cc1)C(=O)O[C@H]1C[C@H](O)C=C2C=C[C@@H](C)[C@H](CC[C@@H](O)C[C@@H](O)CC(=O)O)[C@H]21. The van der Waals surface area contributed by atoms with E-state index in [2.05, 4.69) is 13.0 Å². The largest absolute Gasteiger partial charge is 0.481 e. The van der Waals surface area contributed by atoms with E-state index in [-0.39, 0.29) is 30.6 Å². The van der Waals surface area contributed by atoms with Crippen LogP contribution in [0.25, 0.3) is 0 Å². The fourth-order valence-electron chi connectivity index (χ4n) is 5.39. The Kier molecular flexibility index (Phi) is 10.3. The number of aliphatic carboxylic acids is 1. The van der Waals surface area contributed by atoms with Crippen LogP contribution in [0.3, 0.4) is 0 Å². The van der Waals surface area contributed by atoms with E-state index in [0.29, 0.717) is 25.0 Å². The van der Waals surface area contributed by atoms with Gasteiger partial charge in [0.05, 0.1) is 24.7 Å². The molecule has 8 heteroatoms. The van der Waals surface area contributed by atoms with Crippen LogP contribution in [0.2, 0.25) is 0 Å². The van der Waals surface area contributed by atoms with E-state index in [4.69, 9.17) is 14.6 Å². The highest BCUT2D eigenvalue weighted by molar-refractivity contribution is 5.75. The maximum absolute atomic E-state index is 13.2. The number of ether oxygens (including phenoxy) is 2. The van der Waals surface area contributed by atoms with Crippen LogP contribution in [-0.4, -0.2) is 62.9 Å². The number of aryl methyl sites for hydroxylation is 1.